The number of nitrogens with zero attached hydrogens (tertiary/aromatic N) is 2. The number of unbranched alkanes of at least 4 members (excludes halogenated alkanes) is 1. The Labute approximate surface area is 183 Å². The number of amides is 2. The van der Waals surface area contributed by atoms with Crippen molar-refractivity contribution in [1.82, 2.24) is 15.2 Å². The number of fused-ring (bicyclic) bond motifs is 1. The number of hydrogen-bond acceptors (Lipinski definition) is 5. The Morgan fingerprint density at radius 2 is 1.94 bits per heavy atom. The minimum absolute atomic E-state index is 0.0891. The van der Waals surface area contributed by atoms with Gasteiger partial charge in [0.15, 0.2) is 0 Å². The van der Waals surface area contributed by atoms with Gasteiger partial charge < -0.3 is 19.7 Å². The van der Waals surface area contributed by atoms with E-state index >= 15 is 0 Å². The van der Waals surface area contributed by atoms with Crippen molar-refractivity contribution in [3.05, 3.63) is 59.9 Å². The van der Waals surface area contributed by atoms with E-state index in [1.165, 1.54) is 0 Å². The zero-order valence-corrected chi connectivity index (χ0v) is 18.5. The largest absolute Gasteiger partial charge is 0.488 e. The molecule has 31 heavy (non-hydrogen) atoms. The molecule has 0 spiro atoms. The van der Waals surface area contributed by atoms with Crippen LogP contribution in [0, 0.1) is 0 Å². The van der Waals surface area contributed by atoms with Crippen LogP contribution in [0.25, 0.3) is 0 Å². The summed E-state index contributed by atoms with van der Waals surface area (Å²) < 4.78 is 11.6. The van der Waals surface area contributed by atoms with Crippen LogP contribution < -0.4 is 10.1 Å². The lowest BCUT2D eigenvalue weighted by Gasteiger charge is -2.29. The van der Waals surface area contributed by atoms with Crippen molar-refractivity contribution in [3.8, 4) is 5.75 Å². The fraction of sp³-hybridized carbons (Fsp3) is 0.458. The van der Waals surface area contributed by atoms with Gasteiger partial charge in [-0.2, -0.15) is 0 Å². The van der Waals surface area contributed by atoms with E-state index in [4.69, 9.17) is 9.47 Å². The molecule has 1 aliphatic rings. The highest BCUT2D eigenvalue weighted by Gasteiger charge is 2.29. The van der Waals surface area contributed by atoms with E-state index in [1.54, 1.807) is 29.3 Å². The van der Waals surface area contributed by atoms with Gasteiger partial charge in [-0.3, -0.25) is 9.78 Å². The highest BCUT2D eigenvalue weighted by Crippen LogP contribution is 2.28. The number of nitrogens with one attached hydrogen (secondary N) is 1. The Bertz CT molecular complexity index is 855. The average Bonchev–Trinajstić information content (AvgIpc) is 3.14. The summed E-state index contributed by atoms with van der Waals surface area (Å²) in [6.45, 7) is 7.09. The Morgan fingerprint density at radius 3 is 2.65 bits per heavy atom. The van der Waals surface area contributed by atoms with Crippen LogP contribution in [0.4, 0.5) is 4.79 Å². The number of pyridine rings is 1. The first-order valence-corrected chi connectivity index (χ1v) is 10.7. The second-order valence-electron chi connectivity index (χ2n) is 8.66. The Balaban J connectivity index is 1.48. The van der Waals surface area contributed by atoms with Crippen molar-refractivity contribution in [2.75, 3.05) is 19.6 Å². The maximum absolute atomic E-state index is 12.7. The molecule has 0 aliphatic carbocycles. The predicted molar refractivity (Wildman–Crippen MR) is 118 cm³/mol. The average molecular weight is 426 g/mol. The molecule has 0 saturated heterocycles. The molecule has 0 saturated carbocycles. The van der Waals surface area contributed by atoms with Gasteiger partial charge in [-0.25, -0.2) is 4.79 Å². The van der Waals surface area contributed by atoms with Crippen molar-refractivity contribution >= 4 is 12.0 Å². The third-order valence-corrected chi connectivity index (χ3v) is 4.83. The highest BCUT2D eigenvalue weighted by molar-refractivity contribution is 5.92. The molecule has 0 radical (unpaired) electrons. The lowest BCUT2D eigenvalue weighted by Crippen LogP contribution is -2.43. The standard InChI is InChI=1S/C24H31N3O4/c1-24(2,3)31-23(29)27(17-19-16-18-10-4-5-12-21(18)30-19)15-9-8-14-26-22(28)20-11-6-7-13-25-20/h4-7,10-13,19H,8-9,14-17H2,1-3H3,(H,26,28). The van der Waals surface area contributed by atoms with Gasteiger partial charge in [-0.05, 0) is 57.4 Å². The van der Waals surface area contributed by atoms with Crippen molar-refractivity contribution in [3.63, 3.8) is 0 Å². The van der Waals surface area contributed by atoms with Gasteiger partial charge in [-0.15, -0.1) is 0 Å². The summed E-state index contributed by atoms with van der Waals surface area (Å²) in [5, 5.41) is 2.86. The summed E-state index contributed by atoms with van der Waals surface area (Å²) in [6, 6.07) is 13.2. The second-order valence-corrected chi connectivity index (χ2v) is 8.66. The monoisotopic (exact) mass is 425 g/mol. The Hall–Kier alpha value is -3.09. The van der Waals surface area contributed by atoms with E-state index in [-0.39, 0.29) is 18.1 Å². The molecule has 1 aliphatic heterocycles. The molecule has 1 aromatic carbocycles. The van der Waals surface area contributed by atoms with Gasteiger partial charge in [-0.1, -0.05) is 24.3 Å². The quantitative estimate of drug-likeness (QED) is 0.650. The van der Waals surface area contributed by atoms with Gasteiger partial charge in [0, 0.05) is 25.7 Å². The van der Waals surface area contributed by atoms with E-state index in [1.807, 2.05) is 39.0 Å². The lowest BCUT2D eigenvalue weighted by molar-refractivity contribution is 0.0179. The van der Waals surface area contributed by atoms with Gasteiger partial charge in [0.2, 0.25) is 0 Å². The second kappa shape index (κ2) is 10.3. The van der Waals surface area contributed by atoms with Crippen molar-refractivity contribution in [2.24, 2.45) is 0 Å². The van der Waals surface area contributed by atoms with Gasteiger partial charge in [0.1, 0.15) is 23.1 Å². The zero-order chi connectivity index (χ0) is 22.3. The number of carbonyl (C=O) groups is 2. The third kappa shape index (κ3) is 6.98. The van der Waals surface area contributed by atoms with Crippen molar-refractivity contribution in [1.29, 1.82) is 0 Å². The van der Waals surface area contributed by atoms with Crippen LogP contribution in [-0.2, 0) is 11.2 Å². The minimum Gasteiger partial charge on any atom is -0.488 e. The molecule has 3 rings (SSSR count). The van der Waals surface area contributed by atoms with Crippen LogP contribution in [0.5, 0.6) is 5.75 Å². The number of benzene rings is 1. The number of rotatable bonds is 8. The normalized spacial score (nSPS) is 15.0. The van der Waals surface area contributed by atoms with E-state index in [2.05, 4.69) is 16.4 Å². The van der Waals surface area contributed by atoms with Crippen LogP contribution >= 0.6 is 0 Å². The fourth-order valence-corrected chi connectivity index (χ4v) is 3.40. The summed E-state index contributed by atoms with van der Waals surface area (Å²) in [7, 11) is 0. The zero-order valence-electron chi connectivity index (χ0n) is 18.5. The van der Waals surface area contributed by atoms with Crippen LogP contribution in [0.1, 0.15) is 49.7 Å². The molecule has 2 heterocycles. The first kappa shape index (κ1) is 22.6. The van der Waals surface area contributed by atoms with E-state index in [0.29, 0.717) is 25.3 Å². The van der Waals surface area contributed by atoms with Gasteiger partial charge in [0.05, 0.1) is 6.54 Å². The highest BCUT2D eigenvalue weighted by atomic mass is 16.6. The maximum Gasteiger partial charge on any atom is 0.410 e. The van der Waals surface area contributed by atoms with Crippen LogP contribution in [-0.4, -0.2) is 53.2 Å². The number of carbonyl (C=O) groups excluding carboxylic acids is 2. The summed E-state index contributed by atoms with van der Waals surface area (Å²) in [4.78, 5) is 30.6. The Kier molecular flexibility index (Phi) is 7.50. The molecule has 0 fully saturated rings. The van der Waals surface area contributed by atoms with Gasteiger partial charge >= 0.3 is 6.09 Å². The fourth-order valence-electron chi connectivity index (χ4n) is 3.40. The number of ether oxygens (including phenoxy) is 2. The van der Waals surface area contributed by atoms with Crippen LogP contribution in [0.3, 0.4) is 0 Å². The number of aromatic nitrogens is 1. The maximum atomic E-state index is 12.7. The molecule has 1 aromatic heterocycles. The Morgan fingerprint density at radius 1 is 1.16 bits per heavy atom. The molecule has 166 valence electrons. The smallest absolute Gasteiger partial charge is 0.410 e. The van der Waals surface area contributed by atoms with Crippen LogP contribution in [0.15, 0.2) is 48.7 Å². The first-order chi connectivity index (χ1) is 14.8. The van der Waals surface area contributed by atoms with Crippen molar-refractivity contribution in [2.45, 2.75) is 51.7 Å². The van der Waals surface area contributed by atoms with E-state index in [0.717, 1.165) is 30.6 Å². The summed E-state index contributed by atoms with van der Waals surface area (Å²) >= 11 is 0. The van der Waals surface area contributed by atoms with Crippen molar-refractivity contribution < 1.29 is 19.1 Å². The molecule has 7 heteroatoms. The molecule has 1 unspecified atom stereocenters. The van der Waals surface area contributed by atoms with E-state index < -0.39 is 5.60 Å². The summed E-state index contributed by atoms with van der Waals surface area (Å²) in [5.74, 6) is 0.690. The molecular formula is C24H31N3O4. The lowest BCUT2D eigenvalue weighted by atomic mass is 10.1. The minimum atomic E-state index is -0.564. The number of hydrogen-bond donors (Lipinski definition) is 1. The molecule has 7 nitrogen and oxygen atoms in total. The first-order valence-electron chi connectivity index (χ1n) is 10.7. The molecule has 0 bridgehead atoms. The van der Waals surface area contributed by atoms with Gasteiger partial charge in [0.25, 0.3) is 5.91 Å². The third-order valence-electron chi connectivity index (χ3n) is 4.83. The molecule has 2 amide bonds. The van der Waals surface area contributed by atoms with Crippen LogP contribution in [0.2, 0.25) is 0 Å². The summed E-state index contributed by atoms with van der Waals surface area (Å²) in [5.41, 5.74) is 0.996. The molecular weight excluding hydrogens is 394 g/mol. The topological polar surface area (TPSA) is 80.8 Å². The molecule has 1 N–H and O–H groups in total. The molecule has 2 aromatic rings. The number of para-hydroxylation sites is 1. The van der Waals surface area contributed by atoms with E-state index in [9.17, 15) is 9.59 Å². The summed E-state index contributed by atoms with van der Waals surface area (Å²) in [6.07, 6.45) is 3.41. The SMILES string of the molecule is CC(C)(C)OC(=O)N(CCCCNC(=O)c1ccccn1)CC1Cc2ccccc2O1. The predicted octanol–water partition coefficient (Wildman–Crippen LogP) is 3.83. The molecule has 1 atom stereocenters.